The highest BCUT2D eigenvalue weighted by atomic mass is 16.7. The molecule has 0 radical (unpaired) electrons. The summed E-state index contributed by atoms with van der Waals surface area (Å²) in [5, 5.41) is 22.7. The van der Waals surface area contributed by atoms with Gasteiger partial charge in [0.05, 0.1) is 46.2 Å². The van der Waals surface area contributed by atoms with Gasteiger partial charge in [0.1, 0.15) is 30.0 Å². The van der Waals surface area contributed by atoms with E-state index in [-0.39, 0.29) is 33.0 Å². The van der Waals surface area contributed by atoms with Gasteiger partial charge in [-0.05, 0) is 22.3 Å². The smallest absolute Gasteiger partial charge is 0.187 e. The van der Waals surface area contributed by atoms with Gasteiger partial charge in [0.2, 0.25) is 0 Å². The third-order valence-corrected chi connectivity index (χ3v) is 8.29. The molecule has 7 atom stereocenters. The van der Waals surface area contributed by atoms with Crippen LogP contribution in [0.2, 0.25) is 0 Å². The molecule has 0 bridgehead atoms. The van der Waals surface area contributed by atoms with Crippen LogP contribution >= 0.6 is 0 Å². The average molecular weight is 643 g/mol. The number of hydrogen-bond donors (Lipinski definition) is 2. The Morgan fingerprint density at radius 2 is 1.06 bits per heavy atom. The van der Waals surface area contributed by atoms with Gasteiger partial charge in [-0.25, -0.2) is 0 Å². The van der Waals surface area contributed by atoms with Crippen LogP contribution in [0, 0.1) is 0 Å². The van der Waals surface area contributed by atoms with Crippen LogP contribution in [0.25, 0.3) is 0 Å². The quantitative estimate of drug-likeness (QED) is 0.190. The number of ether oxygens (including phenoxy) is 7. The van der Waals surface area contributed by atoms with Gasteiger partial charge in [0.25, 0.3) is 0 Å². The number of aliphatic hydroxyl groups excluding tert-OH is 1. The number of benzene rings is 4. The lowest BCUT2D eigenvalue weighted by molar-refractivity contribution is -0.324. The maximum Gasteiger partial charge on any atom is 0.187 e. The number of rotatable bonds is 15. The first kappa shape index (κ1) is 33.4. The first-order valence-corrected chi connectivity index (χ1v) is 15.9. The summed E-state index contributed by atoms with van der Waals surface area (Å²) in [6, 6.07) is 39.0. The molecule has 4 aromatic carbocycles. The van der Waals surface area contributed by atoms with Crippen molar-refractivity contribution in [2.45, 2.75) is 69.0 Å². The molecule has 4 aromatic rings. The van der Waals surface area contributed by atoms with Crippen LogP contribution in [-0.2, 0) is 59.6 Å². The van der Waals surface area contributed by atoms with E-state index in [0.29, 0.717) is 13.2 Å². The molecule has 0 unspecified atom stereocenters. The third kappa shape index (κ3) is 9.11. The van der Waals surface area contributed by atoms with E-state index in [9.17, 15) is 10.2 Å². The second-order valence-corrected chi connectivity index (χ2v) is 11.9. The van der Waals surface area contributed by atoms with Gasteiger partial charge >= 0.3 is 0 Å². The summed E-state index contributed by atoms with van der Waals surface area (Å²) in [7, 11) is 0. The van der Waals surface area contributed by atoms with Crippen molar-refractivity contribution in [3.05, 3.63) is 144 Å². The lowest BCUT2D eigenvalue weighted by atomic mass is 10.00. The zero-order valence-electron chi connectivity index (χ0n) is 26.2. The monoisotopic (exact) mass is 642 g/mol. The van der Waals surface area contributed by atoms with Crippen LogP contribution in [0.3, 0.4) is 0 Å². The summed E-state index contributed by atoms with van der Waals surface area (Å²) >= 11 is 0. The van der Waals surface area contributed by atoms with Crippen LogP contribution in [0.15, 0.2) is 121 Å². The Bertz CT molecular complexity index is 1460. The van der Waals surface area contributed by atoms with Gasteiger partial charge in [-0.15, -0.1) is 0 Å². The topological polar surface area (TPSA) is 105 Å². The van der Waals surface area contributed by atoms with Crippen molar-refractivity contribution in [1.82, 2.24) is 0 Å². The molecule has 2 fully saturated rings. The van der Waals surface area contributed by atoms with E-state index in [1.165, 1.54) is 0 Å². The van der Waals surface area contributed by atoms with Gasteiger partial charge in [0, 0.05) is 0 Å². The van der Waals surface area contributed by atoms with Crippen molar-refractivity contribution in [1.29, 1.82) is 0 Å². The molecule has 47 heavy (non-hydrogen) atoms. The Kier molecular flexibility index (Phi) is 11.8. The van der Waals surface area contributed by atoms with Gasteiger partial charge < -0.3 is 43.4 Å². The lowest BCUT2D eigenvalue weighted by Crippen LogP contribution is -2.59. The van der Waals surface area contributed by atoms with Crippen LogP contribution in [0.5, 0.6) is 0 Å². The largest absolute Gasteiger partial charge is 0.385 e. The van der Waals surface area contributed by atoms with Gasteiger partial charge in [-0.1, -0.05) is 121 Å². The fourth-order valence-corrected chi connectivity index (χ4v) is 5.64. The minimum absolute atomic E-state index is 0.138. The van der Waals surface area contributed by atoms with E-state index in [0.717, 1.165) is 22.3 Å². The van der Waals surface area contributed by atoms with Crippen LogP contribution < -0.4 is 0 Å². The molecule has 0 aliphatic carbocycles. The maximum atomic E-state index is 11.3. The Balaban J connectivity index is 1.19. The molecule has 248 valence electrons. The molecule has 2 saturated heterocycles. The van der Waals surface area contributed by atoms with Crippen molar-refractivity contribution in [3.8, 4) is 0 Å². The molecule has 2 aliphatic heterocycles. The summed E-state index contributed by atoms with van der Waals surface area (Å²) in [6.07, 6.45) is -5.55. The predicted molar refractivity (Wildman–Crippen MR) is 173 cm³/mol. The van der Waals surface area contributed by atoms with E-state index in [1.807, 2.05) is 121 Å². The van der Waals surface area contributed by atoms with Crippen molar-refractivity contribution < 1.29 is 43.4 Å². The zero-order chi connectivity index (χ0) is 32.3. The summed E-state index contributed by atoms with van der Waals surface area (Å²) in [4.78, 5) is 0. The van der Waals surface area contributed by atoms with Gasteiger partial charge in [-0.2, -0.15) is 0 Å². The summed E-state index contributed by atoms with van der Waals surface area (Å²) < 4.78 is 43.6. The van der Waals surface area contributed by atoms with Gasteiger partial charge in [0.15, 0.2) is 12.6 Å². The maximum absolute atomic E-state index is 11.3. The van der Waals surface area contributed by atoms with Gasteiger partial charge in [-0.3, -0.25) is 0 Å². The molecular formula is C38H42O9. The Labute approximate surface area is 275 Å². The average Bonchev–Trinajstić information content (AvgIpc) is 3.40. The molecule has 0 aromatic heterocycles. The summed E-state index contributed by atoms with van der Waals surface area (Å²) in [6.45, 7) is 0.983. The van der Waals surface area contributed by atoms with Crippen LogP contribution in [0.4, 0.5) is 0 Å². The van der Waals surface area contributed by atoms with Crippen LogP contribution in [-0.4, -0.2) is 72.6 Å². The molecule has 0 saturated carbocycles. The van der Waals surface area contributed by atoms with Crippen molar-refractivity contribution in [2.75, 3.05) is 19.8 Å². The third-order valence-electron chi connectivity index (χ3n) is 8.29. The minimum atomic E-state index is -1.67. The normalized spacial score (nSPS) is 27.5. The molecule has 2 aliphatic rings. The molecule has 6 rings (SSSR count). The molecule has 0 spiro atoms. The van der Waals surface area contributed by atoms with Crippen molar-refractivity contribution in [3.63, 3.8) is 0 Å². The zero-order valence-corrected chi connectivity index (χ0v) is 26.2. The Morgan fingerprint density at radius 1 is 0.574 bits per heavy atom. The molecule has 0 amide bonds. The van der Waals surface area contributed by atoms with Crippen molar-refractivity contribution >= 4 is 0 Å². The highest BCUT2D eigenvalue weighted by Gasteiger charge is 2.53. The number of aliphatic hydroxyl groups is 2. The second kappa shape index (κ2) is 16.6. The molecular weight excluding hydrogens is 600 g/mol. The van der Waals surface area contributed by atoms with E-state index in [2.05, 4.69) is 0 Å². The molecule has 2 heterocycles. The van der Waals surface area contributed by atoms with E-state index in [1.54, 1.807) is 0 Å². The van der Waals surface area contributed by atoms with E-state index < -0.39 is 42.6 Å². The molecule has 2 N–H and O–H groups in total. The fourth-order valence-electron chi connectivity index (χ4n) is 5.64. The second-order valence-electron chi connectivity index (χ2n) is 11.9. The first-order valence-electron chi connectivity index (χ1n) is 15.9. The predicted octanol–water partition coefficient (Wildman–Crippen LogP) is 4.78. The van der Waals surface area contributed by atoms with Crippen LogP contribution in [0.1, 0.15) is 22.3 Å². The molecule has 9 nitrogen and oxygen atoms in total. The minimum Gasteiger partial charge on any atom is -0.385 e. The Morgan fingerprint density at radius 3 is 1.62 bits per heavy atom. The fraction of sp³-hybridized carbons (Fsp3) is 0.368. The Hall–Kier alpha value is -3.48. The van der Waals surface area contributed by atoms with E-state index in [4.69, 9.17) is 33.2 Å². The highest BCUT2D eigenvalue weighted by molar-refractivity contribution is 5.16. The number of hydrogen-bond acceptors (Lipinski definition) is 9. The molecule has 9 heteroatoms. The summed E-state index contributed by atoms with van der Waals surface area (Å²) in [5.41, 5.74) is 2.21. The standard InChI is InChI=1S/C38H42O9/c39-35-37(46-27-38(35,40)26-41-21-28-13-5-1-6-14-28)47-33-32(42-22-29-15-7-2-8-16-29)25-45-36(44-24-31-19-11-4-12-20-31)34(33)43-23-30-17-9-3-10-18-30/h1-20,32-37,39-40H,21-27H2/t32-,33+,34-,35+,36+,37+,38-/m1/s1. The SMILES string of the molecule is O[C@H]1[C@H](O[C@@H]2[C@@H](OCc3ccccc3)[C@@H](OCc3ccccc3)OC[C@H]2OCc2ccccc2)OC[C@]1(O)COCc1ccccc1. The lowest BCUT2D eigenvalue weighted by Gasteiger charge is -2.43. The van der Waals surface area contributed by atoms with Crippen molar-refractivity contribution in [2.24, 2.45) is 0 Å². The summed E-state index contributed by atoms with van der Waals surface area (Å²) in [5.74, 6) is 0. The van der Waals surface area contributed by atoms with E-state index >= 15 is 0 Å². The first-order chi connectivity index (χ1) is 23.1. The highest BCUT2D eigenvalue weighted by Crippen LogP contribution is 2.33.